The molecule has 0 bridgehead atoms. The Morgan fingerprint density at radius 3 is 2.96 bits per heavy atom. The van der Waals surface area contributed by atoms with Gasteiger partial charge in [0.1, 0.15) is 11.9 Å². The number of pyridine rings is 1. The van der Waals surface area contributed by atoms with Crippen LogP contribution in [0.2, 0.25) is 0 Å². The van der Waals surface area contributed by atoms with E-state index in [0.29, 0.717) is 25.5 Å². The van der Waals surface area contributed by atoms with E-state index in [4.69, 9.17) is 10.5 Å². The molecule has 4 rings (SSSR count). The third-order valence-corrected chi connectivity index (χ3v) is 4.82. The fraction of sp³-hybridized carbons (Fsp3) is 0.368. The highest BCUT2D eigenvalue weighted by Gasteiger charge is 2.27. The number of anilines is 1. The molecule has 1 fully saturated rings. The normalized spacial score (nSPS) is 20.0. The quantitative estimate of drug-likeness (QED) is 0.921. The molecule has 0 saturated carbocycles. The lowest BCUT2D eigenvalue weighted by Crippen LogP contribution is -2.42. The van der Waals surface area contributed by atoms with Crippen LogP contribution in [0.3, 0.4) is 0 Å². The summed E-state index contributed by atoms with van der Waals surface area (Å²) in [6.45, 7) is 1.62. The number of ether oxygens (including phenoxy) is 1. The average molecular weight is 323 g/mol. The van der Waals surface area contributed by atoms with Crippen molar-refractivity contribution >= 4 is 11.7 Å². The number of carbonyl (C=O) groups is 1. The van der Waals surface area contributed by atoms with Crippen LogP contribution >= 0.6 is 0 Å². The monoisotopic (exact) mass is 323 g/mol. The molecule has 24 heavy (non-hydrogen) atoms. The first-order valence-corrected chi connectivity index (χ1v) is 8.46. The van der Waals surface area contributed by atoms with E-state index in [1.165, 1.54) is 17.5 Å². The summed E-state index contributed by atoms with van der Waals surface area (Å²) >= 11 is 0. The van der Waals surface area contributed by atoms with Crippen molar-refractivity contribution in [3.63, 3.8) is 0 Å². The number of aryl methyl sites for hydroxylation is 2. The average Bonchev–Trinajstić information content (AvgIpc) is 3.09. The first-order valence-electron chi connectivity index (χ1n) is 8.46. The van der Waals surface area contributed by atoms with Gasteiger partial charge in [0, 0.05) is 12.1 Å². The van der Waals surface area contributed by atoms with E-state index in [1.807, 2.05) is 23.1 Å². The molecule has 2 aliphatic rings. The largest absolute Gasteiger partial charge is 0.384 e. The molecule has 5 heteroatoms. The third-order valence-electron chi connectivity index (χ3n) is 4.82. The van der Waals surface area contributed by atoms with E-state index >= 15 is 0 Å². The Morgan fingerprint density at radius 2 is 2.08 bits per heavy atom. The molecule has 1 atom stereocenters. The number of amides is 1. The van der Waals surface area contributed by atoms with Crippen LogP contribution in [0.1, 0.15) is 39.7 Å². The minimum Gasteiger partial charge on any atom is -0.384 e. The molecule has 1 aliphatic carbocycles. The van der Waals surface area contributed by atoms with Crippen molar-refractivity contribution in [3.8, 4) is 0 Å². The Hall–Kier alpha value is -2.40. The molecule has 2 aromatic rings. The van der Waals surface area contributed by atoms with Gasteiger partial charge in [0.25, 0.3) is 5.91 Å². The number of morpholine rings is 1. The Morgan fingerprint density at radius 1 is 1.21 bits per heavy atom. The lowest BCUT2D eigenvalue weighted by molar-refractivity contribution is -0.0246. The first kappa shape index (κ1) is 15.1. The molecule has 1 aromatic carbocycles. The molecule has 1 aliphatic heterocycles. The molecule has 2 N–H and O–H groups in total. The fourth-order valence-electron chi connectivity index (χ4n) is 3.55. The predicted octanol–water partition coefficient (Wildman–Crippen LogP) is 2.37. The summed E-state index contributed by atoms with van der Waals surface area (Å²) in [7, 11) is 0. The number of carbonyl (C=O) groups excluding carboxylic acids is 1. The van der Waals surface area contributed by atoms with E-state index in [-0.39, 0.29) is 12.0 Å². The van der Waals surface area contributed by atoms with Gasteiger partial charge < -0.3 is 15.4 Å². The Balaban J connectivity index is 1.52. The van der Waals surface area contributed by atoms with Crippen LogP contribution in [-0.4, -0.2) is 35.5 Å². The topological polar surface area (TPSA) is 68.5 Å². The molecule has 124 valence electrons. The van der Waals surface area contributed by atoms with Gasteiger partial charge in [0.05, 0.1) is 18.8 Å². The molecule has 1 amide bonds. The van der Waals surface area contributed by atoms with Gasteiger partial charge in [-0.1, -0.05) is 12.1 Å². The molecule has 0 unspecified atom stereocenters. The zero-order valence-corrected chi connectivity index (χ0v) is 13.6. The number of nitrogen functional groups attached to an aromatic ring is 1. The van der Waals surface area contributed by atoms with Gasteiger partial charge in [-0.05, 0) is 54.7 Å². The third kappa shape index (κ3) is 2.87. The van der Waals surface area contributed by atoms with Crippen LogP contribution in [0.15, 0.2) is 36.4 Å². The van der Waals surface area contributed by atoms with Crippen molar-refractivity contribution in [1.29, 1.82) is 0 Å². The zero-order chi connectivity index (χ0) is 16.5. The van der Waals surface area contributed by atoms with Gasteiger partial charge in [-0.2, -0.15) is 0 Å². The van der Waals surface area contributed by atoms with E-state index in [0.717, 1.165) is 24.1 Å². The second-order valence-electron chi connectivity index (χ2n) is 6.43. The maximum Gasteiger partial charge on any atom is 0.254 e. The number of hydrogen-bond donors (Lipinski definition) is 1. The molecular formula is C19H21N3O2. The van der Waals surface area contributed by atoms with Gasteiger partial charge >= 0.3 is 0 Å². The Kier molecular flexibility index (Phi) is 3.94. The summed E-state index contributed by atoms with van der Waals surface area (Å²) in [5.41, 5.74) is 10.0. The molecule has 0 spiro atoms. The van der Waals surface area contributed by atoms with Crippen LogP contribution in [0.5, 0.6) is 0 Å². The van der Waals surface area contributed by atoms with Crippen LogP contribution in [0, 0.1) is 0 Å². The Labute approximate surface area is 141 Å². The lowest BCUT2D eigenvalue weighted by atomic mass is 10.0. The predicted molar refractivity (Wildman–Crippen MR) is 91.7 cm³/mol. The minimum absolute atomic E-state index is 0.0712. The lowest BCUT2D eigenvalue weighted by Gasteiger charge is -2.33. The van der Waals surface area contributed by atoms with Crippen LogP contribution in [0.4, 0.5) is 5.82 Å². The number of hydrogen-bond acceptors (Lipinski definition) is 4. The van der Waals surface area contributed by atoms with Gasteiger partial charge in [0.15, 0.2) is 0 Å². The highest BCUT2D eigenvalue weighted by Crippen LogP contribution is 2.26. The van der Waals surface area contributed by atoms with Crippen molar-refractivity contribution in [2.45, 2.75) is 25.4 Å². The van der Waals surface area contributed by atoms with Crippen molar-refractivity contribution in [1.82, 2.24) is 9.88 Å². The van der Waals surface area contributed by atoms with Crippen molar-refractivity contribution < 1.29 is 9.53 Å². The van der Waals surface area contributed by atoms with Gasteiger partial charge in [-0.25, -0.2) is 4.98 Å². The summed E-state index contributed by atoms with van der Waals surface area (Å²) in [6, 6.07) is 11.6. The summed E-state index contributed by atoms with van der Waals surface area (Å²) in [5.74, 6) is 0.542. The SMILES string of the molecule is Nc1cccc([C@H]2CN(C(=O)c3ccc4c(c3)CCC4)CCO2)n1. The number of rotatable bonds is 2. The molecular weight excluding hydrogens is 302 g/mol. The number of benzene rings is 1. The molecule has 5 nitrogen and oxygen atoms in total. The maximum atomic E-state index is 12.9. The second-order valence-corrected chi connectivity index (χ2v) is 6.43. The smallest absolute Gasteiger partial charge is 0.254 e. The highest BCUT2D eigenvalue weighted by molar-refractivity contribution is 5.94. The Bertz CT molecular complexity index is 775. The number of nitrogens with two attached hydrogens (primary N) is 1. The summed E-state index contributed by atoms with van der Waals surface area (Å²) < 4.78 is 5.80. The number of aromatic nitrogens is 1. The second kappa shape index (κ2) is 6.24. The van der Waals surface area contributed by atoms with Crippen molar-refractivity contribution in [3.05, 3.63) is 58.8 Å². The van der Waals surface area contributed by atoms with Gasteiger partial charge in [0.2, 0.25) is 0 Å². The molecule has 0 radical (unpaired) electrons. The molecule has 2 heterocycles. The zero-order valence-electron chi connectivity index (χ0n) is 13.6. The van der Waals surface area contributed by atoms with E-state index in [9.17, 15) is 4.79 Å². The van der Waals surface area contributed by atoms with Crippen molar-refractivity contribution in [2.24, 2.45) is 0 Å². The molecule has 1 aromatic heterocycles. The summed E-state index contributed by atoms with van der Waals surface area (Å²) in [6.07, 6.45) is 3.17. The van der Waals surface area contributed by atoms with E-state index in [2.05, 4.69) is 17.1 Å². The van der Waals surface area contributed by atoms with Crippen molar-refractivity contribution in [2.75, 3.05) is 25.4 Å². The van der Waals surface area contributed by atoms with E-state index in [1.54, 1.807) is 6.07 Å². The van der Waals surface area contributed by atoms with E-state index < -0.39 is 0 Å². The first-order chi connectivity index (χ1) is 11.7. The minimum atomic E-state index is -0.222. The van der Waals surface area contributed by atoms with Crippen LogP contribution < -0.4 is 5.73 Å². The molecule has 1 saturated heterocycles. The number of fused-ring (bicyclic) bond motifs is 1. The van der Waals surface area contributed by atoms with Crippen LogP contribution in [0.25, 0.3) is 0 Å². The standard InChI is InChI=1S/C19H21N3O2/c20-18-6-2-5-16(21-18)17-12-22(9-10-24-17)19(23)15-8-7-13-3-1-4-14(13)11-15/h2,5-8,11,17H,1,3-4,9-10,12H2,(H2,20,21)/t17-/m1/s1. The van der Waals surface area contributed by atoms with Gasteiger partial charge in [-0.15, -0.1) is 0 Å². The highest BCUT2D eigenvalue weighted by atomic mass is 16.5. The number of nitrogens with zero attached hydrogens (tertiary/aromatic N) is 2. The maximum absolute atomic E-state index is 12.9. The summed E-state index contributed by atoms with van der Waals surface area (Å²) in [5, 5.41) is 0. The van der Waals surface area contributed by atoms with Crippen LogP contribution in [-0.2, 0) is 17.6 Å². The summed E-state index contributed by atoms with van der Waals surface area (Å²) in [4.78, 5) is 19.1. The fourth-order valence-corrected chi connectivity index (χ4v) is 3.55. The van der Waals surface area contributed by atoms with Gasteiger partial charge in [-0.3, -0.25) is 4.79 Å².